The molecule has 0 saturated carbocycles. The largest absolute Gasteiger partial charge is 0.497 e. The molecule has 2 N–H and O–H groups in total. The number of rotatable bonds is 8. The van der Waals surface area contributed by atoms with Crippen molar-refractivity contribution in [2.75, 3.05) is 47.0 Å². The molecule has 212 valence electrons. The second kappa shape index (κ2) is 13.4. The van der Waals surface area contributed by atoms with E-state index in [4.69, 9.17) is 14.2 Å². The first kappa shape index (κ1) is 30.6. The van der Waals surface area contributed by atoms with Gasteiger partial charge >= 0.3 is 0 Å². The van der Waals surface area contributed by atoms with Crippen molar-refractivity contribution in [3.8, 4) is 17.2 Å². The summed E-state index contributed by atoms with van der Waals surface area (Å²) in [5, 5.41) is 7.06. The average molecular weight is 583 g/mol. The van der Waals surface area contributed by atoms with Crippen molar-refractivity contribution in [1.29, 1.82) is 0 Å². The van der Waals surface area contributed by atoms with Gasteiger partial charge in [0.25, 0.3) is 0 Å². The summed E-state index contributed by atoms with van der Waals surface area (Å²) in [4.78, 5) is 23.9. The summed E-state index contributed by atoms with van der Waals surface area (Å²) in [5.41, 5.74) is 1.45. The number of likely N-dealkylation sites (N-methyl/N-ethyl adjacent to an activating group) is 1. The second-order valence-corrected chi connectivity index (χ2v) is 9.39. The van der Waals surface area contributed by atoms with E-state index in [-0.39, 0.29) is 36.5 Å². The highest BCUT2D eigenvalue weighted by Gasteiger charge is 2.40. The fourth-order valence-corrected chi connectivity index (χ4v) is 5.08. The molecule has 39 heavy (non-hydrogen) atoms. The van der Waals surface area contributed by atoms with Crippen LogP contribution in [0.5, 0.6) is 17.2 Å². The fourth-order valence-electron chi connectivity index (χ4n) is 5.08. The minimum absolute atomic E-state index is 0. The number of nitrogens with one attached hydrogen (secondary N) is 2. The van der Waals surface area contributed by atoms with Crippen molar-refractivity contribution in [1.82, 2.24) is 25.5 Å². The molecule has 1 fully saturated rings. The summed E-state index contributed by atoms with van der Waals surface area (Å²) in [6, 6.07) is 7.37. The van der Waals surface area contributed by atoms with Gasteiger partial charge in [-0.15, -0.1) is 24.8 Å². The Labute approximate surface area is 239 Å². The molecule has 9 nitrogen and oxygen atoms in total. The van der Waals surface area contributed by atoms with Crippen LogP contribution in [0.3, 0.4) is 0 Å². The molecular formula is C27H34Cl2FN5O4. The van der Waals surface area contributed by atoms with E-state index in [0.717, 1.165) is 16.6 Å². The maximum absolute atomic E-state index is 14.7. The minimum atomic E-state index is -0.706. The van der Waals surface area contributed by atoms with E-state index >= 15 is 0 Å². The standard InChI is InChI=1S/C27H32FN5O4.2ClH/c1-29-26(34)27(32-15-18-13-24-25(17-30-18)37-12-11-36-24)6-9-33(10-7-27)8-5-20-21-14-19(35-2)3-4-23(21)31-16-22(20)28;;/h3-4,13-14,16-17,32H,5-12,15H2,1-2H3,(H,29,34);2*1H. The van der Waals surface area contributed by atoms with Crippen molar-refractivity contribution in [3.05, 3.63) is 53.7 Å². The lowest BCUT2D eigenvalue weighted by Crippen LogP contribution is -2.61. The number of fused-ring (bicyclic) bond motifs is 2. The normalized spacial score (nSPS) is 16.1. The minimum Gasteiger partial charge on any atom is -0.497 e. The Morgan fingerprint density at radius 1 is 1.10 bits per heavy atom. The van der Waals surface area contributed by atoms with Gasteiger partial charge in [-0.2, -0.15) is 0 Å². The van der Waals surface area contributed by atoms with Gasteiger partial charge in [-0.05, 0) is 37.5 Å². The second-order valence-electron chi connectivity index (χ2n) is 9.39. The number of halogens is 3. The number of pyridine rings is 2. The van der Waals surface area contributed by atoms with E-state index < -0.39 is 5.54 Å². The number of methoxy groups -OCH3 is 1. The van der Waals surface area contributed by atoms with Crippen molar-refractivity contribution < 1.29 is 23.4 Å². The molecule has 5 rings (SSSR count). The number of hydrogen-bond donors (Lipinski definition) is 2. The van der Waals surface area contributed by atoms with Gasteiger partial charge in [-0.1, -0.05) is 0 Å². The highest BCUT2D eigenvalue weighted by Crippen LogP contribution is 2.30. The first-order chi connectivity index (χ1) is 18.0. The Hall–Kier alpha value is -2.92. The van der Waals surface area contributed by atoms with E-state index in [1.54, 1.807) is 20.4 Å². The number of ether oxygens (including phenoxy) is 3. The zero-order chi connectivity index (χ0) is 25.8. The first-order valence-corrected chi connectivity index (χ1v) is 12.6. The molecule has 3 aromatic rings. The summed E-state index contributed by atoms with van der Waals surface area (Å²) in [5.74, 6) is 1.64. The first-order valence-electron chi connectivity index (χ1n) is 12.6. The maximum atomic E-state index is 14.7. The summed E-state index contributed by atoms with van der Waals surface area (Å²) in [6.07, 6.45) is 4.75. The molecule has 2 aromatic heterocycles. The van der Waals surface area contributed by atoms with Gasteiger partial charge < -0.3 is 24.4 Å². The van der Waals surface area contributed by atoms with Crippen LogP contribution in [0.1, 0.15) is 24.1 Å². The van der Waals surface area contributed by atoms with Crippen molar-refractivity contribution in [3.63, 3.8) is 0 Å². The molecule has 2 aliphatic rings. The predicted octanol–water partition coefficient (Wildman–Crippen LogP) is 3.31. The molecule has 0 aliphatic carbocycles. The van der Waals surface area contributed by atoms with Crippen LogP contribution in [0.4, 0.5) is 4.39 Å². The lowest BCUT2D eigenvalue weighted by Gasteiger charge is -2.41. The molecule has 1 saturated heterocycles. The molecule has 0 radical (unpaired) electrons. The van der Waals surface area contributed by atoms with Gasteiger partial charge in [0.05, 0.1) is 30.7 Å². The number of hydrogen-bond acceptors (Lipinski definition) is 8. The number of carbonyl (C=O) groups excluding carboxylic acids is 1. The van der Waals surface area contributed by atoms with Crippen LogP contribution >= 0.6 is 24.8 Å². The van der Waals surface area contributed by atoms with Gasteiger partial charge in [-0.3, -0.25) is 20.1 Å². The van der Waals surface area contributed by atoms with E-state index in [1.807, 2.05) is 24.3 Å². The molecule has 1 amide bonds. The van der Waals surface area contributed by atoms with E-state index in [9.17, 15) is 9.18 Å². The Balaban J connectivity index is 0.00000210. The molecule has 1 aromatic carbocycles. The predicted molar refractivity (Wildman–Crippen MR) is 151 cm³/mol. The number of nitrogens with zero attached hydrogens (tertiary/aromatic N) is 3. The van der Waals surface area contributed by atoms with Gasteiger partial charge in [0.1, 0.15) is 30.3 Å². The van der Waals surface area contributed by atoms with Crippen LogP contribution in [0.25, 0.3) is 10.9 Å². The summed E-state index contributed by atoms with van der Waals surface area (Å²) >= 11 is 0. The van der Waals surface area contributed by atoms with E-state index in [2.05, 4.69) is 25.5 Å². The van der Waals surface area contributed by atoms with Gasteiger partial charge in [0, 0.05) is 50.2 Å². The lowest BCUT2D eigenvalue weighted by molar-refractivity contribution is -0.129. The summed E-state index contributed by atoms with van der Waals surface area (Å²) in [6.45, 7) is 3.56. The van der Waals surface area contributed by atoms with Crippen molar-refractivity contribution >= 4 is 41.6 Å². The number of carbonyl (C=O) groups is 1. The zero-order valence-corrected chi connectivity index (χ0v) is 23.6. The smallest absolute Gasteiger partial charge is 0.240 e. The molecule has 12 heteroatoms. The Bertz CT molecular complexity index is 1290. The highest BCUT2D eigenvalue weighted by molar-refractivity contribution is 5.86. The quantitative estimate of drug-likeness (QED) is 0.418. The van der Waals surface area contributed by atoms with Crippen molar-refractivity contribution in [2.24, 2.45) is 0 Å². The maximum Gasteiger partial charge on any atom is 0.240 e. The van der Waals surface area contributed by atoms with Crippen LogP contribution in [0.2, 0.25) is 0 Å². The lowest BCUT2D eigenvalue weighted by atomic mass is 9.86. The molecule has 4 heterocycles. The van der Waals surface area contributed by atoms with Crippen LogP contribution < -0.4 is 24.8 Å². The number of likely N-dealkylation sites (tertiary alicyclic amines) is 1. The average Bonchev–Trinajstić information content (AvgIpc) is 2.95. The summed E-state index contributed by atoms with van der Waals surface area (Å²) < 4.78 is 31.3. The molecule has 0 unspecified atom stereocenters. The Morgan fingerprint density at radius 2 is 1.85 bits per heavy atom. The molecule has 0 bridgehead atoms. The number of benzene rings is 1. The molecule has 2 aliphatic heterocycles. The Morgan fingerprint density at radius 3 is 2.56 bits per heavy atom. The van der Waals surface area contributed by atoms with Gasteiger partial charge in [0.2, 0.25) is 5.91 Å². The highest BCUT2D eigenvalue weighted by atomic mass is 35.5. The molecular weight excluding hydrogens is 548 g/mol. The topological polar surface area (TPSA) is 97.8 Å². The number of piperidine rings is 1. The van der Waals surface area contributed by atoms with Crippen LogP contribution in [0, 0.1) is 5.82 Å². The van der Waals surface area contributed by atoms with Crippen LogP contribution in [0.15, 0.2) is 36.7 Å². The molecule has 0 spiro atoms. The Kier molecular flexibility index (Phi) is 10.5. The third kappa shape index (κ3) is 6.63. The zero-order valence-electron chi connectivity index (χ0n) is 22.0. The summed E-state index contributed by atoms with van der Waals surface area (Å²) in [7, 11) is 3.25. The molecule has 0 atom stereocenters. The SMILES string of the molecule is CNC(=O)C1(NCc2cc3c(cn2)OCCO3)CCN(CCc2c(F)cnc3ccc(OC)cc23)CC1.Cl.Cl. The van der Waals surface area contributed by atoms with Crippen molar-refractivity contribution in [2.45, 2.75) is 31.3 Å². The van der Waals surface area contributed by atoms with Gasteiger partial charge in [0.15, 0.2) is 11.5 Å². The fraction of sp³-hybridized carbons (Fsp3) is 0.444. The third-order valence-electron chi connectivity index (χ3n) is 7.28. The number of aromatic nitrogens is 2. The number of amides is 1. The van der Waals surface area contributed by atoms with E-state index in [1.165, 1.54) is 6.20 Å². The van der Waals surface area contributed by atoms with Crippen LogP contribution in [-0.4, -0.2) is 73.3 Å². The van der Waals surface area contributed by atoms with Gasteiger partial charge in [-0.25, -0.2) is 4.39 Å². The van der Waals surface area contributed by atoms with E-state index in [0.29, 0.717) is 81.5 Å². The third-order valence-corrected chi connectivity index (χ3v) is 7.28. The monoisotopic (exact) mass is 581 g/mol. The van der Waals surface area contributed by atoms with Crippen LogP contribution in [-0.2, 0) is 17.8 Å².